The van der Waals surface area contributed by atoms with Gasteiger partial charge >= 0.3 is 0 Å². The lowest BCUT2D eigenvalue weighted by Crippen LogP contribution is -2.20. The van der Waals surface area contributed by atoms with Crippen molar-refractivity contribution in [2.24, 2.45) is 0 Å². The van der Waals surface area contributed by atoms with Gasteiger partial charge in [0.25, 0.3) is 0 Å². The molecule has 1 aromatic carbocycles. The van der Waals surface area contributed by atoms with E-state index >= 15 is 0 Å². The van der Waals surface area contributed by atoms with E-state index in [1.807, 2.05) is 0 Å². The van der Waals surface area contributed by atoms with Gasteiger partial charge in [-0.15, -0.1) is 0 Å². The fourth-order valence-electron chi connectivity index (χ4n) is 2.60. The Morgan fingerprint density at radius 3 is 2.76 bits per heavy atom. The van der Waals surface area contributed by atoms with Crippen molar-refractivity contribution in [3.05, 3.63) is 47.9 Å². The van der Waals surface area contributed by atoms with Crippen LogP contribution in [-0.2, 0) is 11.8 Å². The SMILES string of the molecule is CC(C)c1nc2cc(CC(C)(C)c3ncco3)ccc2[nH]1. The maximum atomic E-state index is 5.46. The van der Waals surface area contributed by atoms with Crippen LogP contribution in [0.4, 0.5) is 0 Å². The van der Waals surface area contributed by atoms with Crippen molar-refractivity contribution >= 4 is 11.0 Å². The molecule has 0 bridgehead atoms. The number of aromatic nitrogens is 3. The molecule has 2 heterocycles. The van der Waals surface area contributed by atoms with Crippen LogP contribution in [0.1, 0.15) is 50.9 Å². The fourth-order valence-corrected chi connectivity index (χ4v) is 2.60. The largest absolute Gasteiger partial charge is 0.448 e. The fraction of sp³-hybridized carbons (Fsp3) is 0.412. The number of nitrogens with zero attached hydrogens (tertiary/aromatic N) is 2. The van der Waals surface area contributed by atoms with Gasteiger partial charge in [0.2, 0.25) is 0 Å². The Balaban J connectivity index is 1.91. The van der Waals surface area contributed by atoms with Crippen molar-refractivity contribution in [1.82, 2.24) is 15.0 Å². The van der Waals surface area contributed by atoms with Gasteiger partial charge in [0.1, 0.15) is 12.1 Å². The molecule has 4 nitrogen and oxygen atoms in total. The number of oxazole rings is 1. The molecular weight excluding hydrogens is 262 g/mol. The molecule has 0 spiro atoms. The van der Waals surface area contributed by atoms with Crippen molar-refractivity contribution in [2.45, 2.75) is 45.4 Å². The second-order valence-electron chi connectivity index (χ2n) is 6.53. The first-order chi connectivity index (χ1) is 9.95. The van der Waals surface area contributed by atoms with Gasteiger partial charge in [-0.05, 0) is 24.1 Å². The van der Waals surface area contributed by atoms with E-state index in [0.29, 0.717) is 5.92 Å². The van der Waals surface area contributed by atoms with E-state index in [2.05, 4.69) is 60.8 Å². The van der Waals surface area contributed by atoms with Crippen LogP contribution in [0, 0.1) is 0 Å². The molecule has 21 heavy (non-hydrogen) atoms. The Hall–Kier alpha value is -2.10. The van der Waals surface area contributed by atoms with Gasteiger partial charge in [-0.25, -0.2) is 9.97 Å². The molecule has 2 aromatic heterocycles. The molecule has 0 aliphatic rings. The second-order valence-corrected chi connectivity index (χ2v) is 6.53. The molecule has 0 saturated carbocycles. The van der Waals surface area contributed by atoms with Crippen LogP contribution in [-0.4, -0.2) is 15.0 Å². The highest BCUT2D eigenvalue weighted by Crippen LogP contribution is 2.27. The molecule has 0 aliphatic carbocycles. The third-order valence-corrected chi connectivity index (χ3v) is 3.77. The highest BCUT2D eigenvalue weighted by molar-refractivity contribution is 5.76. The van der Waals surface area contributed by atoms with Gasteiger partial charge < -0.3 is 9.40 Å². The minimum absolute atomic E-state index is 0.131. The van der Waals surface area contributed by atoms with Crippen LogP contribution in [0.3, 0.4) is 0 Å². The van der Waals surface area contributed by atoms with E-state index in [1.165, 1.54) is 5.56 Å². The standard InChI is InChI=1S/C17H21N3O/c1-11(2)15-19-13-6-5-12(9-14(13)20-15)10-17(3,4)16-18-7-8-21-16/h5-9,11H,10H2,1-4H3,(H,19,20). The van der Waals surface area contributed by atoms with E-state index in [4.69, 9.17) is 4.42 Å². The number of rotatable bonds is 4. The van der Waals surface area contributed by atoms with Crippen LogP contribution in [0.2, 0.25) is 0 Å². The van der Waals surface area contributed by atoms with E-state index in [9.17, 15) is 0 Å². The van der Waals surface area contributed by atoms with E-state index < -0.39 is 0 Å². The zero-order valence-electron chi connectivity index (χ0n) is 13.0. The number of nitrogens with one attached hydrogen (secondary N) is 1. The summed E-state index contributed by atoms with van der Waals surface area (Å²) in [6.07, 6.45) is 4.19. The molecule has 0 atom stereocenters. The number of aromatic amines is 1. The minimum atomic E-state index is -0.131. The molecule has 4 heteroatoms. The monoisotopic (exact) mass is 283 g/mol. The third-order valence-electron chi connectivity index (χ3n) is 3.77. The lowest BCUT2D eigenvalue weighted by atomic mass is 9.85. The van der Waals surface area contributed by atoms with Crippen LogP contribution in [0.15, 0.2) is 35.1 Å². The normalized spacial score (nSPS) is 12.4. The van der Waals surface area contributed by atoms with Gasteiger partial charge in [-0.3, -0.25) is 0 Å². The van der Waals surface area contributed by atoms with Crippen LogP contribution >= 0.6 is 0 Å². The average molecular weight is 283 g/mol. The topological polar surface area (TPSA) is 54.7 Å². The summed E-state index contributed by atoms with van der Waals surface area (Å²) in [6.45, 7) is 8.58. The predicted octanol–water partition coefficient (Wildman–Crippen LogP) is 4.19. The summed E-state index contributed by atoms with van der Waals surface area (Å²) < 4.78 is 5.46. The summed E-state index contributed by atoms with van der Waals surface area (Å²) in [5.41, 5.74) is 3.23. The van der Waals surface area contributed by atoms with Gasteiger partial charge in [-0.1, -0.05) is 33.8 Å². The highest BCUT2D eigenvalue weighted by Gasteiger charge is 2.26. The molecule has 0 fully saturated rings. The number of fused-ring (bicyclic) bond motifs is 1. The summed E-state index contributed by atoms with van der Waals surface area (Å²) in [5, 5.41) is 0. The Kier molecular flexibility index (Phi) is 3.32. The maximum Gasteiger partial charge on any atom is 0.199 e. The van der Waals surface area contributed by atoms with Gasteiger partial charge in [0.15, 0.2) is 5.89 Å². The molecule has 0 aliphatic heterocycles. The zero-order chi connectivity index (χ0) is 15.0. The summed E-state index contributed by atoms with van der Waals surface area (Å²) in [7, 11) is 0. The first-order valence-corrected chi connectivity index (χ1v) is 7.34. The lowest BCUT2D eigenvalue weighted by molar-refractivity contribution is 0.366. The summed E-state index contributed by atoms with van der Waals surface area (Å²) >= 11 is 0. The first-order valence-electron chi connectivity index (χ1n) is 7.34. The summed E-state index contributed by atoms with van der Waals surface area (Å²) in [5.74, 6) is 2.21. The molecule has 3 aromatic rings. The molecule has 3 rings (SSSR count). The number of hydrogen-bond donors (Lipinski definition) is 1. The van der Waals surface area contributed by atoms with E-state index in [1.54, 1.807) is 12.5 Å². The quantitative estimate of drug-likeness (QED) is 0.781. The minimum Gasteiger partial charge on any atom is -0.448 e. The van der Waals surface area contributed by atoms with E-state index in [0.717, 1.165) is 29.2 Å². The summed E-state index contributed by atoms with van der Waals surface area (Å²) in [6, 6.07) is 6.41. The number of imidazole rings is 1. The van der Waals surface area contributed by atoms with Crippen molar-refractivity contribution in [3.8, 4) is 0 Å². The Labute approximate surface area is 124 Å². The van der Waals surface area contributed by atoms with Crippen LogP contribution < -0.4 is 0 Å². The molecule has 0 radical (unpaired) electrons. The Morgan fingerprint density at radius 1 is 1.29 bits per heavy atom. The molecule has 0 saturated heterocycles. The maximum absolute atomic E-state index is 5.46. The van der Waals surface area contributed by atoms with Crippen molar-refractivity contribution < 1.29 is 4.42 Å². The molecule has 110 valence electrons. The Bertz CT molecular complexity index is 739. The van der Waals surface area contributed by atoms with E-state index in [-0.39, 0.29) is 5.41 Å². The zero-order valence-corrected chi connectivity index (χ0v) is 13.0. The molecule has 1 N–H and O–H groups in total. The van der Waals surface area contributed by atoms with Gasteiger partial charge in [0.05, 0.1) is 17.2 Å². The van der Waals surface area contributed by atoms with Gasteiger partial charge in [-0.2, -0.15) is 0 Å². The van der Waals surface area contributed by atoms with Crippen molar-refractivity contribution in [3.63, 3.8) is 0 Å². The number of benzene rings is 1. The molecular formula is C17H21N3O. The van der Waals surface area contributed by atoms with Gasteiger partial charge in [0, 0.05) is 11.3 Å². The molecule has 0 amide bonds. The van der Waals surface area contributed by atoms with Crippen LogP contribution in [0.25, 0.3) is 11.0 Å². The number of H-pyrrole nitrogens is 1. The molecule has 0 unspecified atom stereocenters. The highest BCUT2D eigenvalue weighted by atomic mass is 16.3. The second kappa shape index (κ2) is 5.02. The van der Waals surface area contributed by atoms with Crippen molar-refractivity contribution in [1.29, 1.82) is 0 Å². The smallest absolute Gasteiger partial charge is 0.199 e. The third kappa shape index (κ3) is 2.71. The first kappa shape index (κ1) is 13.9. The summed E-state index contributed by atoms with van der Waals surface area (Å²) in [4.78, 5) is 12.3. The predicted molar refractivity (Wildman–Crippen MR) is 83.4 cm³/mol. The van der Waals surface area contributed by atoms with Crippen molar-refractivity contribution in [2.75, 3.05) is 0 Å². The number of hydrogen-bond acceptors (Lipinski definition) is 3. The average Bonchev–Trinajstić information content (AvgIpc) is 3.07. The Morgan fingerprint density at radius 2 is 2.10 bits per heavy atom. The lowest BCUT2D eigenvalue weighted by Gasteiger charge is -2.20. The van der Waals surface area contributed by atoms with Crippen LogP contribution in [0.5, 0.6) is 0 Å².